The number of ether oxygens (including phenoxy) is 1. The molecule has 0 aliphatic carbocycles. The fourth-order valence-electron chi connectivity index (χ4n) is 2.37. The number of hydrogen-bond acceptors (Lipinski definition) is 7. The van der Waals surface area contributed by atoms with Gasteiger partial charge in [0.25, 0.3) is 5.95 Å². The highest BCUT2D eigenvalue weighted by Crippen LogP contribution is 2.30. The largest absolute Gasteiger partial charge is 0.461 e. The van der Waals surface area contributed by atoms with Crippen LogP contribution in [0.25, 0.3) is 0 Å². The van der Waals surface area contributed by atoms with Crippen molar-refractivity contribution in [2.75, 3.05) is 5.32 Å². The van der Waals surface area contributed by atoms with Crippen LogP contribution in [0.5, 0.6) is 5.75 Å². The first-order valence-corrected chi connectivity index (χ1v) is 9.46. The number of alkyl halides is 7. The Labute approximate surface area is 191 Å². The number of pyridine rings is 1. The molecule has 34 heavy (non-hydrogen) atoms. The SMILES string of the molecule is FC(F)C(F)(F)Oc1cccc(Nc2cc(Cl)nc(N=NCc3ccc(C(F)(F)F)nc3)n2)c1. The van der Waals surface area contributed by atoms with Gasteiger partial charge in [-0.05, 0) is 23.8 Å². The summed E-state index contributed by atoms with van der Waals surface area (Å²) >= 11 is 5.91. The lowest BCUT2D eigenvalue weighted by Crippen LogP contribution is -2.33. The van der Waals surface area contributed by atoms with Crippen molar-refractivity contribution in [3.8, 4) is 5.75 Å². The first kappa shape index (κ1) is 25.1. The van der Waals surface area contributed by atoms with Crippen molar-refractivity contribution in [2.24, 2.45) is 10.2 Å². The summed E-state index contributed by atoms with van der Waals surface area (Å²) < 4.78 is 92.5. The summed E-state index contributed by atoms with van der Waals surface area (Å²) in [6.45, 7) is -0.124. The second kappa shape index (κ2) is 10.2. The Hall–Kier alpha value is -3.55. The van der Waals surface area contributed by atoms with E-state index in [-0.39, 0.29) is 29.2 Å². The number of hydrogen-bond donors (Lipinski definition) is 1. The van der Waals surface area contributed by atoms with E-state index in [1.807, 2.05) is 0 Å². The highest BCUT2D eigenvalue weighted by atomic mass is 35.5. The fourth-order valence-corrected chi connectivity index (χ4v) is 2.55. The van der Waals surface area contributed by atoms with Crippen molar-refractivity contribution < 1.29 is 35.5 Å². The van der Waals surface area contributed by atoms with Crippen LogP contribution in [0.1, 0.15) is 11.3 Å². The van der Waals surface area contributed by atoms with Gasteiger partial charge >= 0.3 is 18.7 Å². The van der Waals surface area contributed by atoms with E-state index in [1.165, 1.54) is 24.3 Å². The minimum absolute atomic E-state index is 0.0583. The Morgan fingerprint density at radius 2 is 1.79 bits per heavy atom. The quantitative estimate of drug-likeness (QED) is 0.205. The average molecular weight is 509 g/mol. The molecule has 3 rings (SSSR count). The molecule has 0 aliphatic heterocycles. The van der Waals surface area contributed by atoms with Crippen LogP contribution >= 0.6 is 11.6 Å². The second-order valence-electron chi connectivity index (χ2n) is 6.44. The summed E-state index contributed by atoms with van der Waals surface area (Å²) in [5.74, 6) is -0.685. The molecular formula is C19H12ClF7N6O. The standard InChI is InChI=1S/C19H12ClF7N6O/c20-14-7-15(30-11-2-1-3-12(6-11)34-19(26,27)16(21)22)32-17(31-14)33-29-9-10-4-5-13(28-8-10)18(23,24)25/h1-8,16H,9H2,(H,30,31,32). The molecular weight excluding hydrogens is 497 g/mol. The van der Waals surface area contributed by atoms with Crippen molar-refractivity contribution in [1.82, 2.24) is 15.0 Å². The third-order valence-electron chi connectivity index (χ3n) is 3.83. The summed E-state index contributed by atoms with van der Waals surface area (Å²) in [5.41, 5.74) is -0.555. The van der Waals surface area contributed by atoms with Crippen LogP contribution in [0.3, 0.4) is 0 Å². The maximum absolute atomic E-state index is 13.1. The van der Waals surface area contributed by atoms with Crippen LogP contribution in [-0.2, 0) is 12.7 Å². The van der Waals surface area contributed by atoms with E-state index in [4.69, 9.17) is 11.6 Å². The van der Waals surface area contributed by atoms with Crippen molar-refractivity contribution in [1.29, 1.82) is 0 Å². The zero-order valence-corrected chi connectivity index (χ0v) is 17.3. The first-order valence-electron chi connectivity index (χ1n) is 9.08. The van der Waals surface area contributed by atoms with E-state index in [0.29, 0.717) is 5.56 Å². The summed E-state index contributed by atoms with van der Waals surface area (Å²) in [7, 11) is 0. The molecule has 180 valence electrons. The van der Waals surface area contributed by atoms with Gasteiger partial charge in [-0.25, -0.2) is 0 Å². The van der Waals surface area contributed by atoms with E-state index in [9.17, 15) is 30.7 Å². The number of aromatic nitrogens is 3. The van der Waals surface area contributed by atoms with Crippen LogP contribution in [-0.4, -0.2) is 27.5 Å². The third kappa shape index (κ3) is 6.97. The fraction of sp³-hybridized carbons (Fsp3) is 0.211. The topological polar surface area (TPSA) is 84.6 Å². The number of anilines is 2. The third-order valence-corrected chi connectivity index (χ3v) is 4.02. The molecule has 0 bridgehead atoms. The zero-order valence-electron chi connectivity index (χ0n) is 16.6. The maximum Gasteiger partial charge on any atom is 0.461 e. The smallest absolute Gasteiger partial charge is 0.428 e. The lowest BCUT2D eigenvalue weighted by atomic mass is 10.2. The Kier molecular flexibility index (Phi) is 7.49. The van der Waals surface area contributed by atoms with Crippen molar-refractivity contribution >= 4 is 29.1 Å². The van der Waals surface area contributed by atoms with Crippen molar-refractivity contribution in [3.05, 3.63) is 65.1 Å². The van der Waals surface area contributed by atoms with Crippen LogP contribution < -0.4 is 10.1 Å². The average Bonchev–Trinajstić information content (AvgIpc) is 2.73. The lowest BCUT2D eigenvalue weighted by Gasteiger charge is -2.17. The van der Waals surface area contributed by atoms with Gasteiger partial charge in [0.2, 0.25) is 0 Å². The minimum atomic E-state index is -4.67. The molecule has 7 nitrogen and oxygen atoms in total. The van der Waals surface area contributed by atoms with E-state index >= 15 is 0 Å². The van der Waals surface area contributed by atoms with Gasteiger partial charge in [0.05, 0.1) is 6.54 Å². The predicted octanol–water partition coefficient (Wildman–Crippen LogP) is 6.81. The first-order chi connectivity index (χ1) is 15.9. The Balaban J connectivity index is 1.69. The van der Waals surface area contributed by atoms with Crippen LogP contribution in [0.4, 0.5) is 48.2 Å². The van der Waals surface area contributed by atoms with Gasteiger partial charge in [0, 0.05) is 24.0 Å². The molecule has 15 heteroatoms. The molecule has 0 spiro atoms. The van der Waals surface area contributed by atoms with Gasteiger partial charge in [0.1, 0.15) is 22.4 Å². The molecule has 0 fully saturated rings. The molecule has 0 radical (unpaired) electrons. The number of halogens is 8. The molecule has 0 amide bonds. The molecule has 0 saturated carbocycles. The number of nitrogens with one attached hydrogen (secondary N) is 1. The van der Waals surface area contributed by atoms with Crippen molar-refractivity contribution in [2.45, 2.75) is 25.3 Å². The second-order valence-corrected chi connectivity index (χ2v) is 6.83. The minimum Gasteiger partial charge on any atom is -0.428 e. The molecule has 0 saturated heterocycles. The van der Waals surface area contributed by atoms with Crippen LogP contribution in [0, 0.1) is 0 Å². The Morgan fingerprint density at radius 1 is 1.03 bits per heavy atom. The monoisotopic (exact) mass is 508 g/mol. The number of nitrogens with zero attached hydrogens (tertiary/aromatic N) is 5. The van der Waals surface area contributed by atoms with Gasteiger partial charge in [0.15, 0.2) is 0 Å². The molecule has 0 atom stereocenters. The summed E-state index contributed by atoms with van der Waals surface area (Å²) in [4.78, 5) is 11.1. The van der Waals surface area contributed by atoms with E-state index in [0.717, 1.165) is 24.4 Å². The Bertz CT molecular complexity index is 1160. The highest BCUT2D eigenvalue weighted by Gasteiger charge is 2.44. The van der Waals surface area contributed by atoms with Gasteiger partial charge in [-0.15, -0.1) is 5.11 Å². The molecule has 0 unspecified atom stereocenters. The van der Waals surface area contributed by atoms with Crippen molar-refractivity contribution in [3.63, 3.8) is 0 Å². The highest BCUT2D eigenvalue weighted by molar-refractivity contribution is 6.29. The summed E-state index contributed by atoms with van der Waals surface area (Å²) in [5, 5.41) is 10.2. The molecule has 1 aromatic carbocycles. The summed E-state index contributed by atoms with van der Waals surface area (Å²) in [6.07, 6.45) is -12.3. The van der Waals surface area contributed by atoms with E-state index in [2.05, 4.69) is 35.2 Å². The Morgan fingerprint density at radius 3 is 2.44 bits per heavy atom. The van der Waals surface area contributed by atoms with Gasteiger partial charge < -0.3 is 10.1 Å². The van der Waals surface area contributed by atoms with E-state index in [1.54, 1.807) is 0 Å². The number of benzene rings is 1. The van der Waals surface area contributed by atoms with Gasteiger partial charge in [-0.2, -0.15) is 45.8 Å². The van der Waals surface area contributed by atoms with Gasteiger partial charge in [-0.1, -0.05) is 23.7 Å². The molecule has 1 N–H and O–H groups in total. The van der Waals surface area contributed by atoms with Gasteiger partial charge in [-0.3, -0.25) is 4.98 Å². The zero-order chi connectivity index (χ0) is 24.9. The normalized spacial score (nSPS) is 12.4. The van der Waals surface area contributed by atoms with E-state index < -0.39 is 30.2 Å². The number of azo groups is 1. The molecule has 2 heterocycles. The lowest BCUT2D eigenvalue weighted by molar-refractivity contribution is -0.253. The van der Waals surface area contributed by atoms with Crippen LogP contribution in [0.2, 0.25) is 5.15 Å². The van der Waals surface area contributed by atoms with Crippen LogP contribution in [0.15, 0.2) is 58.9 Å². The number of rotatable bonds is 8. The maximum atomic E-state index is 13.1. The molecule has 0 aliphatic rings. The summed E-state index contributed by atoms with van der Waals surface area (Å²) in [6, 6.07) is 8.05. The molecule has 2 aromatic heterocycles. The predicted molar refractivity (Wildman–Crippen MR) is 106 cm³/mol. The molecule has 3 aromatic rings.